The number of hydrogen-bond acceptors (Lipinski definition) is 5. The lowest BCUT2D eigenvalue weighted by Crippen LogP contribution is -2.49. The highest BCUT2D eigenvalue weighted by atomic mass is 32.2. The van der Waals surface area contributed by atoms with Gasteiger partial charge in [-0.2, -0.15) is 0 Å². The molecule has 0 aromatic carbocycles. The lowest BCUT2D eigenvalue weighted by Gasteiger charge is -2.26. The average Bonchev–Trinajstić information content (AvgIpc) is 2.18. The molecule has 1 fully saturated rings. The summed E-state index contributed by atoms with van der Waals surface area (Å²) in [5, 5.41) is 10.2. The van der Waals surface area contributed by atoms with E-state index in [1.54, 1.807) is 5.01 Å². The molecule has 0 atom stereocenters. The molecule has 0 saturated carbocycles. The molecule has 0 unspecified atom stereocenters. The number of carbonyl (C=O) groups excluding carboxylic acids is 1. The fourth-order valence-corrected chi connectivity index (χ4v) is 1.64. The van der Waals surface area contributed by atoms with Crippen LogP contribution < -0.4 is 5.43 Å². The van der Waals surface area contributed by atoms with Crippen molar-refractivity contribution in [2.24, 2.45) is 0 Å². The zero-order valence-corrected chi connectivity index (χ0v) is 9.59. The molecule has 1 saturated heterocycles. The molecule has 0 aliphatic carbocycles. The summed E-state index contributed by atoms with van der Waals surface area (Å²) >= 11 is 1.09. The number of aliphatic carboxylic acids is 1. The molecule has 16 heavy (non-hydrogen) atoms. The number of carboxylic acid groups (broad SMARTS) is 1. The molecule has 8 heteroatoms. The van der Waals surface area contributed by atoms with Crippen LogP contribution in [0.1, 0.15) is 0 Å². The quantitative estimate of drug-likeness (QED) is 0.606. The fraction of sp³-hybridized carbons (Fsp3) is 0.750. The topological polar surface area (TPSA) is 110 Å². The van der Waals surface area contributed by atoms with E-state index in [-0.39, 0.29) is 22.9 Å². The lowest BCUT2D eigenvalue weighted by atomic mass is 10.5. The van der Waals surface area contributed by atoms with E-state index in [9.17, 15) is 9.59 Å². The van der Waals surface area contributed by atoms with Crippen molar-refractivity contribution in [2.75, 3.05) is 37.8 Å². The second-order valence-electron chi connectivity index (χ2n) is 3.02. The number of carboxylic acids is 1. The fourth-order valence-electron chi connectivity index (χ4n) is 1.11. The largest absolute Gasteiger partial charge is 0.481 e. The highest BCUT2D eigenvalue weighted by molar-refractivity contribution is 8.00. The Balaban J connectivity index is 0.00000225. The highest BCUT2D eigenvalue weighted by Crippen LogP contribution is 1.99. The number of nitrogens with zero attached hydrogens (tertiary/aromatic N) is 1. The highest BCUT2D eigenvalue weighted by Gasteiger charge is 2.12. The number of hydrazine groups is 1. The Morgan fingerprint density at radius 2 is 1.94 bits per heavy atom. The first kappa shape index (κ1) is 15.2. The maximum Gasteiger partial charge on any atom is 0.313 e. The molecular weight excluding hydrogens is 236 g/mol. The van der Waals surface area contributed by atoms with Crippen LogP contribution >= 0.6 is 11.8 Å². The lowest BCUT2D eigenvalue weighted by molar-refractivity contribution is -0.133. The van der Waals surface area contributed by atoms with Crippen molar-refractivity contribution >= 4 is 23.6 Å². The van der Waals surface area contributed by atoms with Gasteiger partial charge in [0, 0.05) is 13.1 Å². The molecule has 1 aliphatic rings. The van der Waals surface area contributed by atoms with Gasteiger partial charge in [0.2, 0.25) is 5.91 Å². The number of ether oxygens (including phenoxy) is 1. The molecule has 0 bridgehead atoms. The summed E-state index contributed by atoms with van der Waals surface area (Å²) in [5.41, 5.74) is 2.69. The molecule has 1 amide bonds. The minimum absolute atomic E-state index is 0. The number of amides is 1. The van der Waals surface area contributed by atoms with E-state index in [2.05, 4.69) is 5.43 Å². The molecule has 1 rings (SSSR count). The van der Waals surface area contributed by atoms with E-state index in [0.717, 1.165) is 11.8 Å². The first-order valence-electron chi connectivity index (χ1n) is 4.60. The van der Waals surface area contributed by atoms with Crippen LogP contribution in [0.4, 0.5) is 0 Å². The third-order valence-corrected chi connectivity index (χ3v) is 2.67. The smallest absolute Gasteiger partial charge is 0.313 e. The molecule has 0 radical (unpaired) electrons. The van der Waals surface area contributed by atoms with E-state index in [0.29, 0.717) is 26.3 Å². The van der Waals surface area contributed by atoms with Crippen molar-refractivity contribution in [2.45, 2.75) is 0 Å². The summed E-state index contributed by atoms with van der Waals surface area (Å²) in [7, 11) is 0. The predicted molar refractivity (Wildman–Crippen MR) is 59.1 cm³/mol. The summed E-state index contributed by atoms with van der Waals surface area (Å²) in [5.74, 6) is -0.942. The summed E-state index contributed by atoms with van der Waals surface area (Å²) in [6, 6.07) is 0. The van der Waals surface area contributed by atoms with Gasteiger partial charge in [-0.3, -0.25) is 15.0 Å². The Morgan fingerprint density at radius 3 is 2.50 bits per heavy atom. The van der Waals surface area contributed by atoms with Crippen molar-refractivity contribution in [3.63, 3.8) is 0 Å². The zero-order valence-electron chi connectivity index (χ0n) is 8.77. The summed E-state index contributed by atoms with van der Waals surface area (Å²) in [6.07, 6.45) is 0. The SMILES string of the molecule is O.O=C(O)CSCC(=O)NN1CCOCC1. The molecule has 7 nitrogen and oxygen atoms in total. The standard InChI is InChI=1S/C8H14N2O4S.H2O/c11-7(5-15-6-8(12)13)9-10-1-3-14-4-2-10;/h1-6H2,(H,9,11)(H,12,13);1H2. The number of carbonyl (C=O) groups is 2. The van der Waals surface area contributed by atoms with Gasteiger partial charge in [0.25, 0.3) is 0 Å². The third-order valence-electron chi connectivity index (χ3n) is 1.75. The van der Waals surface area contributed by atoms with Gasteiger partial charge < -0.3 is 15.3 Å². The normalized spacial score (nSPS) is 16.2. The predicted octanol–water partition coefficient (Wildman–Crippen LogP) is -1.66. The van der Waals surface area contributed by atoms with Crippen LogP contribution in [0.15, 0.2) is 0 Å². The first-order chi connectivity index (χ1) is 7.18. The summed E-state index contributed by atoms with van der Waals surface area (Å²) in [4.78, 5) is 21.5. The van der Waals surface area contributed by atoms with Crippen molar-refractivity contribution in [3.8, 4) is 0 Å². The first-order valence-corrected chi connectivity index (χ1v) is 5.75. The Hall–Kier alpha value is -0.830. The van der Waals surface area contributed by atoms with Gasteiger partial charge in [-0.15, -0.1) is 11.8 Å². The Morgan fingerprint density at radius 1 is 1.31 bits per heavy atom. The van der Waals surface area contributed by atoms with E-state index in [4.69, 9.17) is 9.84 Å². The number of thioether (sulfide) groups is 1. The van der Waals surface area contributed by atoms with Gasteiger partial charge in [-0.05, 0) is 0 Å². The molecule has 0 aromatic heterocycles. The van der Waals surface area contributed by atoms with E-state index < -0.39 is 5.97 Å². The van der Waals surface area contributed by atoms with E-state index >= 15 is 0 Å². The van der Waals surface area contributed by atoms with Gasteiger partial charge in [0.15, 0.2) is 0 Å². The Bertz CT molecular complexity index is 232. The zero-order chi connectivity index (χ0) is 11.1. The Labute approximate surface area is 97.4 Å². The second-order valence-corrected chi connectivity index (χ2v) is 4.01. The van der Waals surface area contributed by atoms with Gasteiger partial charge in [-0.1, -0.05) is 0 Å². The van der Waals surface area contributed by atoms with Crippen molar-refractivity contribution in [3.05, 3.63) is 0 Å². The monoisotopic (exact) mass is 252 g/mol. The van der Waals surface area contributed by atoms with Crippen LogP contribution in [-0.2, 0) is 14.3 Å². The van der Waals surface area contributed by atoms with Crippen LogP contribution in [0.5, 0.6) is 0 Å². The van der Waals surface area contributed by atoms with E-state index in [1.165, 1.54) is 0 Å². The second kappa shape index (κ2) is 8.34. The Kier molecular flexibility index (Phi) is 7.90. The molecule has 1 heterocycles. The van der Waals surface area contributed by atoms with Gasteiger partial charge >= 0.3 is 5.97 Å². The van der Waals surface area contributed by atoms with Crippen LogP contribution in [0.2, 0.25) is 0 Å². The van der Waals surface area contributed by atoms with Gasteiger partial charge in [-0.25, -0.2) is 5.01 Å². The van der Waals surface area contributed by atoms with Crippen LogP contribution in [0, 0.1) is 0 Å². The number of morpholine rings is 1. The number of rotatable bonds is 5. The third kappa shape index (κ3) is 6.62. The van der Waals surface area contributed by atoms with Crippen LogP contribution in [0.3, 0.4) is 0 Å². The minimum atomic E-state index is -0.904. The van der Waals surface area contributed by atoms with Crippen molar-refractivity contribution < 1.29 is 24.9 Å². The molecular formula is C8H16N2O5S. The molecule has 0 spiro atoms. The summed E-state index contributed by atoms with van der Waals surface area (Å²) in [6.45, 7) is 2.58. The molecule has 0 aromatic rings. The van der Waals surface area contributed by atoms with Gasteiger partial charge in [0.05, 0.1) is 24.7 Å². The van der Waals surface area contributed by atoms with Crippen LogP contribution in [-0.4, -0.2) is 65.3 Å². The summed E-state index contributed by atoms with van der Waals surface area (Å²) < 4.78 is 5.12. The molecule has 1 aliphatic heterocycles. The maximum absolute atomic E-state index is 11.3. The van der Waals surface area contributed by atoms with Crippen molar-refractivity contribution in [1.82, 2.24) is 10.4 Å². The van der Waals surface area contributed by atoms with E-state index in [1.807, 2.05) is 0 Å². The van der Waals surface area contributed by atoms with Crippen LogP contribution in [0.25, 0.3) is 0 Å². The maximum atomic E-state index is 11.3. The molecule has 94 valence electrons. The molecule has 4 N–H and O–H groups in total. The van der Waals surface area contributed by atoms with Crippen molar-refractivity contribution in [1.29, 1.82) is 0 Å². The minimum Gasteiger partial charge on any atom is -0.481 e. The number of hydrogen-bond donors (Lipinski definition) is 2. The average molecular weight is 252 g/mol. The number of nitrogens with one attached hydrogen (secondary N) is 1. The van der Waals surface area contributed by atoms with Gasteiger partial charge in [0.1, 0.15) is 0 Å².